The maximum Gasteiger partial charge on any atom is 0.335 e. The first-order chi connectivity index (χ1) is 44.9. The van der Waals surface area contributed by atoms with E-state index < -0.39 is 125 Å². The molecule has 1 aromatic heterocycles. The van der Waals surface area contributed by atoms with Gasteiger partial charge in [-0.05, 0) is 146 Å². The molecule has 0 saturated heterocycles. The number of aromatic carboxylic acids is 1. The summed E-state index contributed by atoms with van der Waals surface area (Å²) in [7, 11) is 0. The summed E-state index contributed by atoms with van der Waals surface area (Å²) >= 11 is 0. The Kier molecular flexibility index (Phi) is 30.7. The minimum Gasteiger partial charge on any atom is -0.481 e. The van der Waals surface area contributed by atoms with E-state index in [1.807, 2.05) is 50.3 Å². The first kappa shape index (κ1) is 77.9. The van der Waals surface area contributed by atoms with Gasteiger partial charge in [-0.3, -0.25) is 57.5 Å². The van der Waals surface area contributed by atoms with Crippen molar-refractivity contribution in [2.75, 3.05) is 0 Å². The minimum absolute atomic E-state index is 0.0117. The minimum atomic E-state index is -1.64. The van der Waals surface area contributed by atoms with Crippen molar-refractivity contribution in [2.24, 2.45) is 35.0 Å². The number of aliphatic carboxylic acids is 1. The fourth-order valence-electron chi connectivity index (χ4n) is 12.5. The SMILES string of the molecule is CCC(C)[C@H](NNC(C)C(=O)C(=O)C(C)NC(=O)[C@]1(C)CCC/C=C/CCCCCC[C@@](C)(CC(C)=O)C(=O)N[C@@H](CCC(=O)O)C(=O)N[C@@H](Cc2ccc(C(=O)O)cc2)C(=O)C[C@@H](Cc2c[nH]c3ccccc23)C(=O)CC[C@@H](CC2CCC2)C(=O)N1)C(=O)C[C@H](C)C(C)=O. The van der Waals surface area contributed by atoms with E-state index in [-0.39, 0.29) is 98.3 Å². The maximum absolute atomic E-state index is 15.2. The zero-order chi connectivity index (χ0) is 70.2. The number of Topliss-reactive ketones (excluding diaryl/α,β-unsaturated/α-hetero) is 7. The average Bonchev–Trinajstić information content (AvgIpc) is 1.82. The lowest BCUT2D eigenvalue weighted by Crippen LogP contribution is -2.61. The summed E-state index contributed by atoms with van der Waals surface area (Å²) in [6.07, 6.45) is 12.3. The Morgan fingerprint density at radius 3 is 1.99 bits per heavy atom. The molecule has 3 aromatic rings. The summed E-state index contributed by atoms with van der Waals surface area (Å²) in [6, 6.07) is 6.92. The number of hydrogen-bond acceptors (Lipinski definition) is 15. The first-order valence-corrected chi connectivity index (χ1v) is 34.1. The number of para-hydroxylation sites is 1. The average molecular weight is 1320 g/mol. The molecule has 3 unspecified atom stereocenters. The quantitative estimate of drug-likeness (QED) is 0.0206. The molecule has 2 heterocycles. The van der Waals surface area contributed by atoms with Crippen molar-refractivity contribution in [1.82, 2.24) is 37.1 Å². The van der Waals surface area contributed by atoms with E-state index in [1.54, 1.807) is 27.0 Å². The van der Waals surface area contributed by atoms with Gasteiger partial charge in [-0.2, -0.15) is 0 Å². The molecule has 22 heteroatoms. The molecule has 9 N–H and O–H groups in total. The Hall–Kier alpha value is -7.85. The van der Waals surface area contributed by atoms with E-state index in [9.17, 15) is 58.2 Å². The number of benzene rings is 2. The summed E-state index contributed by atoms with van der Waals surface area (Å²) in [5, 5.41) is 31.6. The highest BCUT2D eigenvalue weighted by atomic mass is 16.4. The van der Waals surface area contributed by atoms with Crippen molar-refractivity contribution in [3.05, 3.63) is 83.6 Å². The highest BCUT2D eigenvalue weighted by Crippen LogP contribution is 2.36. The van der Waals surface area contributed by atoms with Crippen molar-refractivity contribution in [2.45, 2.75) is 246 Å². The molecule has 1 saturated carbocycles. The molecule has 1 fully saturated rings. The number of hydrogen-bond donors (Lipinski definition) is 9. The number of carboxylic acid groups (broad SMARTS) is 2. The molecular weight excluding hydrogens is 1210 g/mol. The molecule has 0 radical (unpaired) electrons. The van der Waals surface area contributed by atoms with E-state index in [1.165, 1.54) is 52.0 Å². The highest BCUT2D eigenvalue weighted by Gasteiger charge is 2.42. The van der Waals surface area contributed by atoms with Crippen LogP contribution in [0.25, 0.3) is 10.9 Å². The molecule has 11 atom stereocenters. The summed E-state index contributed by atoms with van der Waals surface area (Å²) in [5.74, 6) is -11.0. The number of ketones is 7. The Labute approximate surface area is 558 Å². The number of amides is 4. The number of carboxylic acids is 2. The standard InChI is InChI=1S/C73H103N7O15/c1-10-44(2)64(62(85)37-45(3)49(7)82)80-79-48(6)66(89)65(88)47(5)75-71(95)73(9)36-21-17-15-13-11-12-14-16-20-35-72(8,42-46(4)81)70(94)77-58(32-34-63(86)87)68(91)76-59(39-51-27-29-52(30-28-51)69(92)93)61(84)41-54(40-55-43-74-57-26-19-18-25-56(55)57)60(83)33-31-53(67(90)78-73)38-50-23-22-24-50/h13,15,18-19,25-30,43-45,47-48,50,53-54,58-59,64,74,79-80H,10-12,14,16-17,20-24,31-42H2,1-9H3,(H,75,95)(H,76,91)(H,77,94)(H,78,90)(H,86,87)(H,92,93)/b15-13+/t44?,45-,47?,48?,53-,54+,58-,59-,64-,72-,73-/m0/s1. The molecule has 1 aliphatic heterocycles. The summed E-state index contributed by atoms with van der Waals surface area (Å²) in [6.45, 7) is 14.2. The second kappa shape index (κ2) is 37.4. The van der Waals surface area contributed by atoms with Gasteiger partial charge >= 0.3 is 11.9 Å². The topological polar surface area (TPSA) is 350 Å². The molecular formula is C73H103N7O15. The van der Waals surface area contributed by atoms with Crippen LogP contribution >= 0.6 is 0 Å². The summed E-state index contributed by atoms with van der Waals surface area (Å²) in [5.41, 5.74) is 4.68. The fraction of sp³-hybridized carbons (Fsp3) is 0.603. The Morgan fingerprint density at radius 2 is 1.36 bits per heavy atom. The third-order valence-corrected chi connectivity index (χ3v) is 19.4. The van der Waals surface area contributed by atoms with Gasteiger partial charge in [0.1, 0.15) is 28.9 Å². The molecule has 0 bridgehead atoms. The van der Waals surface area contributed by atoms with Crippen LogP contribution < -0.4 is 32.1 Å². The number of carbonyl (C=O) groups is 13. The number of H-pyrrole nitrogens is 1. The number of carbonyl (C=O) groups excluding carboxylic acids is 11. The van der Waals surface area contributed by atoms with Crippen LogP contribution in [-0.4, -0.2) is 127 Å². The van der Waals surface area contributed by atoms with Crippen LogP contribution in [0.2, 0.25) is 0 Å². The van der Waals surface area contributed by atoms with Crippen molar-refractivity contribution in [3.63, 3.8) is 0 Å². The maximum atomic E-state index is 15.2. The van der Waals surface area contributed by atoms with Crippen molar-refractivity contribution in [3.8, 4) is 0 Å². The van der Waals surface area contributed by atoms with E-state index >= 15 is 14.4 Å². The van der Waals surface area contributed by atoms with Gasteiger partial charge in [0.05, 0.1) is 35.1 Å². The van der Waals surface area contributed by atoms with Crippen LogP contribution in [0, 0.1) is 35.0 Å². The molecule has 2 aromatic carbocycles. The van der Waals surface area contributed by atoms with E-state index in [2.05, 4.69) is 37.1 Å². The number of fused-ring (bicyclic) bond motifs is 1. The second-order valence-corrected chi connectivity index (χ2v) is 27.4. The largest absolute Gasteiger partial charge is 0.481 e. The molecule has 2 aliphatic rings. The smallest absolute Gasteiger partial charge is 0.335 e. The third-order valence-electron chi connectivity index (χ3n) is 19.4. The van der Waals surface area contributed by atoms with E-state index in [4.69, 9.17) is 0 Å². The molecule has 520 valence electrons. The van der Waals surface area contributed by atoms with Crippen LogP contribution in [0.4, 0.5) is 0 Å². The lowest BCUT2D eigenvalue weighted by molar-refractivity contribution is -0.141. The number of aromatic nitrogens is 1. The number of allylic oxidation sites excluding steroid dienone is 2. The van der Waals surface area contributed by atoms with Gasteiger partial charge in [-0.1, -0.05) is 115 Å². The normalized spacial score (nSPS) is 24.1. The van der Waals surface area contributed by atoms with E-state index in [0.29, 0.717) is 56.1 Å². The van der Waals surface area contributed by atoms with Crippen molar-refractivity contribution in [1.29, 1.82) is 0 Å². The number of nitrogens with one attached hydrogen (secondary N) is 7. The number of rotatable bonds is 26. The van der Waals surface area contributed by atoms with Crippen LogP contribution in [-0.2, 0) is 70.4 Å². The van der Waals surface area contributed by atoms with Crippen LogP contribution in [0.1, 0.15) is 219 Å². The fourth-order valence-corrected chi connectivity index (χ4v) is 12.5. The number of hydrazine groups is 1. The van der Waals surface area contributed by atoms with Crippen LogP contribution in [0.5, 0.6) is 0 Å². The predicted octanol–water partition coefficient (Wildman–Crippen LogP) is 8.88. The van der Waals surface area contributed by atoms with Gasteiger partial charge in [-0.25, -0.2) is 15.6 Å². The van der Waals surface area contributed by atoms with Gasteiger partial charge in [0, 0.05) is 67.0 Å². The predicted molar refractivity (Wildman–Crippen MR) is 359 cm³/mol. The van der Waals surface area contributed by atoms with Gasteiger partial charge in [-0.15, -0.1) is 0 Å². The first-order valence-electron chi connectivity index (χ1n) is 34.1. The Balaban J connectivity index is 1.51. The summed E-state index contributed by atoms with van der Waals surface area (Å²) in [4.78, 5) is 182. The van der Waals surface area contributed by atoms with E-state index in [0.717, 1.165) is 43.0 Å². The monoisotopic (exact) mass is 1320 g/mol. The molecule has 0 spiro atoms. The van der Waals surface area contributed by atoms with Gasteiger partial charge in [0.15, 0.2) is 11.6 Å². The van der Waals surface area contributed by atoms with Gasteiger partial charge in [0.2, 0.25) is 35.2 Å². The van der Waals surface area contributed by atoms with Crippen LogP contribution in [0.3, 0.4) is 0 Å². The lowest BCUT2D eigenvalue weighted by Gasteiger charge is -2.34. The van der Waals surface area contributed by atoms with Crippen LogP contribution in [0.15, 0.2) is 66.9 Å². The number of aromatic amines is 1. The molecule has 4 amide bonds. The van der Waals surface area contributed by atoms with Crippen molar-refractivity contribution < 1.29 is 72.5 Å². The second-order valence-electron chi connectivity index (χ2n) is 27.4. The molecule has 5 rings (SSSR count). The van der Waals surface area contributed by atoms with Gasteiger partial charge in [0.25, 0.3) is 0 Å². The lowest BCUT2D eigenvalue weighted by atomic mass is 9.76. The summed E-state index contributed by atoms with van der Waals surface area (Å²) < 4.78 is 0. The van der Waals surface area contributed by atoms with Gasteiger partial charge < -0.3 is 36.5 Å². The third kappa shape index (κ3) is 24.1. The molecule has 1 aliphatic carbocycles. The highest BCUT2D eigenvalue weighted by molar-refractivity contribution is 6.41. The molecule has 22 nitrogen and oxygen atoms in total. The zero-order valence-electron chi connectivity index (χ0n) is 57.1. The zero-order valence-corrected chi connectivity index (χ0v) is 57.1. The Morgan fingerprint density at radius 1 is 0.695 bits per heavy atom. The Bertz CT molecular complexity index is 3240. The van der Waals surface area contributed by atoms with Crippen molar-refractivity contribution >= 4 is 87.0 Å². The molecule has 95 heavy (non-hydrogen) atoms.